The molecule has 1 atom stereocenters. The van der Waals surface area contributed by atoms with Gasteiger partial charge in [0.05, 0.1) is 11.9 Å². The number of rotatable bonds is 9. The average Bonchev–Trinajstić information content (AvgIpc) is 2.63. The van der Waals surface area contributed by atoms with Crippen LogP contribution in [-0.2, 0) is 14.8 Å². The molecule has 0 fully saturated rings. The van der Waals surface area contributed by atoms with E-state index in [1.54, 1.807) is 43.0 Å². The van der Waals surface area contributed by atoms with E-state index in [9.17, 15) is 13.2 Å². The van der Waals surface area contributed by atoms with Crippen LogP contribution in [0.5, 0.6) is 0 Å². The van der Waals surface area contributed by atoms with Crippen molar-refractivity contribution in [3.05, 3.63) is 59.1 Å². The van der Waals surface area contributed by atoms with Crippen LogP contribution < -0.4 is 9.62 Å². The van der Waals surface area contributed by atoms with Crippen LogP contribution in [0.2, 0.25) is 5.02 Å². The SMILES string of the molecule is CC[C@H](C(=O)NCCSc1ccc(C)cc1)N(c1cccc(Cl)c1)S(C)(=O)=O. The molecule has 0 aliphatic carbocycles. The lowest BCUT2D eigenvalue weighted by Gasteiger charge is -2.30. The van der Waals surface area contributed by atoms with E-state index in [0.717, 1.165) is 15.5 Å². The van der Waals surface area contributed by atoms with E-state index < -0.39 is 16.1 Å². The van der Waals surface area contributed by atoms with Crippen molar-refractivity contribution in [1.82, 2.24) is 5.32 Å². The third-order valence-corrected chi connectivity index (χ3v) is 6.51. The number of nitrogens with one attached hydrogen (secondary N) is 1. The number of nitrogens with zero attached hydrogens (tertiary/aromatic N) is 1. The fourth-order valence-corrected chi connectivity index (χ4v) is 4.93. The topological polar surface area (TPSA) is 66.5 Å². The molecule has 0 aliphatic rings. The van der Waals surface area contributed by atoms with Crippen LogP contribution in [0.3, 0.4) is 0 Å². The standard InChI is InChI=1S/C20H25ClN2O3S2/c1-4-19(23(28(3,25)26)17-7-5-6-16(21)14-17)20(24)22-12-13-27-18-10-8-15(2)9-11-18/h5-11,14,19H,4,12-13H2,1-3H3,(H,22,24)/t19-/m1/s1. The van der Waals surface area contributed by atoms with Crippen LogP contribution in [0.1, 0.15) is 18.9 Å². The number of amides is 1. The zero-order chi connectivity index (χ0) is 20.7. The minimum atomic E-state index is -3.66. The van der Waals surface area contributed by atoms with Gasteiger partial charge in [0.25, 0.3) is 0 Å². The molecule has 0 bridgehead atoms. The Morgan fingerprint density at radius 3 is 2.46 bits per heavy atom. The molecule has 0 spiro atoms. The summed E-state index contributed by atoms with van der Waals surface area (Å²) in [4.78, 5) is 13.8. The molecule has 152 valence electrons. The number of hydrogen-bond donors (Lipinski definition) is 1. The summed E-state index contributed by atoms with van der Waals surface area (Å²) < 4.78 is 25.9. The molecule has 0 heterocycles. The quantitative estimate of drug-likeness (QED) is 0.471. The molecule has 8 heteroatoms. The molecule has 0 saturated carbocycles. The van der Waals surface area contributed by atoms with Gasteiger partial charge < -0.3 is 5.32 Å². The van der Waals surface area contributed by atoms with Crippen LogP contribution in [-0.4, -0.2) is 38.9 Å². The number of aryl methyl sites for hydroxylation is 1. The Kier molecular flexibility index (Phi) is 8.22. The van der Waals surface area contributed by atoms with Gasteiger partial charge in [0.15, 0.2) is 0 Å². The molecule has 2 aromatic carbocycles. The van der Waals surface area contributed by atoms with Crippen LogP contribution in [0.15, 0.2) is 53.4 Å². The summed E-state index contributed by atoms with van der Waals surface area (Å²) in [6.45, 7) is 4.27. The summed E-state index contributed by atoms with van der Waals surface area (Å²) >= 11 is 7.65. The lowest BCUT2D eigenvalue weighted by Crippen LogP contribution is -2.49. The van der Waals surface area contributed by atoms with Crippen molar-refractivity contribution in [3.63, 3.8) is 0 Å². The van der Waals surface area contributed by atoms with Crippen molar-refractivity contribution in [2.45, 2.75) is 31.2 Å². The molecule has 5 nitrogen and oxygen atoms in total. The summed E-state index contributed by atoms with van der Waals surface area (Å²) in [5, 5.41) is 3.27. The Morgan fingerprint density at radius 1 is 1.21 bits per heavy atom. The molecule has 0 unspecified atom stereocenters. The van der Waals surface area contributed by atoms with Gasteiger partial charge in [-0.1, -0.05) is 42.3 Å². The van der Waals surface area contributed by atoms with E-state index >= 15 is 0 Å². The number of benzene rings is 2. The fourth-order valence-electron chi connectivity index (χ4n) is 2.77. The van der Waals surface area contributed by atoms with Gasteiger partial charge in [-0.2, -0.15) is 0 Å². The zero-order valence-corrected chi connectivity index (χ0v) is 18.6. The summed E-state index contributed by atoms with van der Waals surface area (Å²) in [6.07, 6.45) is 1.44. The maximum absolute atomic E-state index is 12.7. The second-order valence-electron chi connectivity index (χ2n) is 6.42. The first-order valence-electron chi connectivity index (χ1n) is 8.94. The molecular formula is C20H25ClN2O3S2. The van der Waals surface area contributed by atoms with Crippen LogP contribution in [0.4, 0.5) is 5.69 Å². The second kappa shape index (κ2) is 10.2. The Bertz CT molecular complexity index is 902. The van der Waals surface area contributed by atoms with Crippen LogP contribution in [0.25, 0.3) is 0 Å². The third-order valence-electron chi connectivity index (χ3n) is 4.08. The third kappa shape index (κ3) is 6.43. The molecule has 0 saturated heterocycles. The minimum absolute atomic E-state index is 0.322. The predicted octanol–water partition coefficient (Wildman–Crippen LogP) is 4.10. The number of halogens is 1. The van der Waals surface area contributed by atoms with Gasteiger partial charge in [0.1, 0.15) is 6.04 Å². The van der Waals surface area contributed by atoms with E-state index in [1.807, 2.05) is 31.2 Å². The van der Waals surface area contributed by atoms with E-state index in [-0.39, 0.29) is 5.91 Å². The minimum Gasteiger partial charge on any atom is -0.353 e. The van der Waals surface area contributed by atoms with Gasteiger partial charge in [-0.3, -0.25) is 9.10 Å². The van der Waals surface area contributed by atoms with E-state index in [4.69, 9.17) is 11.6 Å². The Balaban J connectivity index is 2.04. The van der Waals surface area contributed by atoms with Crippen molar-refractivity contribution in [3.8, 4) is 0 Å². The van der Waals surface area contributed by atoms with E-state index in [2.05, 4.69) is 5.32 Å². The molecule has 0 radical (unpaired) electrons. The lowest BCUT2D eigenvalue weighted by molar-refractivity contribution is -0.122. The molecule has 28 heavy (non-hydrogen) atoms. The van der Waals surface area contributed by atoms with E-state index in [0.29, 0.717) is 29.4 Å². The predicted molar refractivity (Wildman–Crippen MR) is 118 cm³/mol. The number of sulfonamides is 1. The summed E-state index contributed by atoms with van der Waals surface area (Å²) in [6, 6.07) is 13.8. The van der Waals surface area contributed by atoms with Gasteiger partial charge >= 0.3 is 0 Å². The summed E-state index contributed by atoms with van der Waals surface area (Å²) in [5.74, 6) is 0.374. The zero-order valence-electron chi connectivity index (χ0n) is 16.2. The smallest absolute Gasteiger partial charge is 0.243 e. The van der Waals surface area contributed by atoms with Crippen molar-refractivity contribution in [1.29, 1.82) is 0 Å². The number of anilines is 1. The first-order chi connectivity index (χ1) is 13.2. The largest absolute Gasteiger partial charge is 0.353 e. The molecule has 0 aliphatic heterocycles. The average molecular weight is 441 g/mol. The fraction of sp³-hybridized carbons (Fsp3) is 0.350. The molecule has 1 amide bonds. The lowest BCUT2D eigenvalue weighted by atomic mass is 10.2. The van der Waals surface area contributed by atoms with Gasteiger partial charge in [0, 0.05) is 22.2 Å². The highest BCUT2D eigenvalue weighted by atomic mass is 35.5. The molecule has 2 aromatic rings. The van der Waals surface area contributed by atoms with Crippen molar-refractivity contribution in [2.24, 2.45) is 0 Å². The summed E-state index contributed by atoms with van der Waals surface area (Å²) in [7, 11) is -3.66. The summed E-state index contributed by atoms with van der Waals surface area (Å²) in [5.41, 5.74) is 1.58. The monoisotopic (exact) mass is 440 g/mol. The molecule has 0 aromatic heterocycles. The molecular weight excluding hydrogens is 416 g/mol. The van der Waals surface area contributed by atoms with Crippen molar-refractivity contribution < 1.29 is 13.2 Å². The van der Waals surface area contributed by atoms with Crippen molar-refractivity contribution >= 4 is 45.0 Å². The molecule has 2 rings (SSSR count). The Labute approximate surface area is 176 Å². The highest BCUT2D eigenvalue weighted by molar-refractivity contribution is 7.99. The van der Waals surface area contributed by atoms with Crippen LogP contribution in [0, 0.1) is 6.92 Å². The maximum Gasteiger partial charge on any atom is 0.243 e. The van der Waals surface area contributed by atoms with Crippen LogP contribution >= 0.6 is 23.4 Å². The van der Waals surface area contributed by atoms with Crippen molar-refractivity contribution in [2.75, 3.05) is 22.9 Å². The van der Waals surface area contributed by atoms with Gasteiger partial charge in [-0.15, -0.1) is 11.8 Å². The van der Waals surface area contributed by atoms with Gasteiger partial charge in [0.2, 0.25) is 15.9 Å². The van der Waals surface area contributed by atoms with Gasteiger partial charge in [-0.05, 0) is 43.7 Å². The maximum atomic E-state index is 12.7. The van der Waals surface area contributed by atoms with E-state index in [1.165, 1.54) is 5.56 Å². The first kappa shape index (κ1) is 22.6. The highest BCUT2D eigenvalue weighted by Gasteiger charge is 2.31. The normalized spacial score (nSPS) is 12.4. The first-order valence-corrected chi connectivity index (χ1v) is 12.2. The molecule has 1 N–H and O–H groups in total. The highest BCUT2D eigenvalue weighted by Crippen LogP contribution is 2.25. The second-order valence-corrected chi connectivity index (χ2v) is 9.88. The number of carbonyl (C=O) groups excluding carboxylic acids is 1. The van der Waals surface area contributed by atoms with Gasteiger partial charge in [-0.25, -0.2) is 8.42 Å². The number of hydrogen-bond acceptors (Lipinski definition) is 4. The number of thioether (sulfide) groups is 1. The number of carbonyl (C=O) groups is 1. The Morgan fingerprint density at radius 2 is 1.89 bits per heavy atom. The Hall–Kier alpha value is -1.70.